The van der Waals surface area contributed by atoms with Crippen LogP contribution >= 0.6 is 0 Å². The Morgan fingerprint density at radius 3 is 2.47 bits per heavy atom. The van der Waals surface area contributed by atoms with Gasteiger partial charge >= 0.3 is 0 Å². The standard InChI is InChI=1S/C28H24N6O2/c35-27(17-28(36)26-16-22(9-10-30-26)18-33-13-11-29-20-33)24-8-4-7-23(15-21-5-2-1-3-6-21)25(24)19-34-14-12-31-32-34/h1-14,16,20H,15,17-19H2. The smallest absolute Gasteiger partial charge is 0.188 e. The molecule has 0 aliphatic rings. The molecule has 0 aliphatic carbocycles. The van der Waals surface area contributed by atoms with Gasteiger partial charge < -0.3 is 4.57 Å². The summed E-state index contributed by atoms with van der Waals surface area (Å²) in [5.41, 5.74) is 4.69. The van der Waals surface area contributed by atoms with Crippen molar-refractivity contribution in [1.29, 1.82) is 0 Å². The molecule has 0 spiro atoms. The Morgan fingerprint density at radius 2 is 1.69 bits per heavy atom. The lowest BCUT2D eigenvalue weighted by Gasteiger charge is -2.15. The molecule has 8 heteroatoms. The van der Waals surface area contributed by atoms with Crippen LogP contribution in [0.15, 0.2) is 98.0 Å². The van der Waals surface area contributed by atoms with Crippen molar-refractivity contribution in [2.75, 3.05) is 0 Å². The molecule has 0 N–H and O–H groups in total. The fraction of sp³-hybridized carbons (Fsp3) is 0.143. The molecule has 5 aromatic rings. The van der Waals surface area contributed by atoms with Crippen LogP contribution in [0.2, 0.25) is 0 Å². The SMILES string of the molecule is O=C(CC(=O)c1cccc(Cc2ccccc2)c1Cn1ccnn1)c1cc(Cn2ccnc2)ccn1. The number of hydrogen-bond acceptors (Lipinski definition) is 6. The Hall–Kier alpha value is -4.72. The summed E-state index contributed by atoms with van der Waals surface area (Å²) in [5, 5.41) is 7.97. The van der Waals surface area contributed by atoms with Crippen molar-refractivity contribution in [2.24, 2.45) is 0 Å². The molecule has 36 heavy (non-hydrogen) atoms. The van der Waals surface area contributed by atoms with Gasteiger partial charge in [-0.25, -0.2) is 9.67 Å². The van der Waals surface area contributed by atoms with Gasteiger partial charge in [-0.05, 0) is 40.8 Å². The topological polar surface area (TPSA) is 95.6 Å². The van der Waals surface area contributed by atoms with Crippen molar-refractivity contribution in [3.05, 3.63) is 131 Å². The number of carbonyl (C=O) groups excluding carboxylic acids is 2. The van der Waals surface area contributed by atoms with Crippen LogP contribution in [0.4, 0.5) is 0 Å². The molecule has 3 heterocycles. The zero-order valence-electron chi connectivity index (χ0n) is 19.6. The lowest BCUT2D eigenvalue weighted by atomic mass is 9.92. The van der Waals surface area contributed by atoms with Gasteiger partial charge in [0.05, 0.1) is 25.5 Å². The molecular weight excluding hydrogens is 452 g/mol. The molecular formula is C28H24N6O2. The number of hydrogen-bond donors (Lipinski definition) is 0. The average Bonchev–Trinajstić information content (AvgIpc) is 3.60. The van der Waals surface area contributed by atoms with Crippen molar-refractivity contribution in [3.8, 4) is 0 Å². The zero-order chi connectivity index (χ0) is 24.7. The van der Waals surface area contributed by atoms with Crippen LogP contribution in [0.25, 0.3) is 0 Å². The summed E-state index contributed by atoms with van der Waals surface area (Å²) in [5.74, 6) is -0.556. The van der Waals surface area contributed by atoms with Crippen LogP contribution in [0.3, 0.4) is 0 Å². The van der Waals surface area contributed by atoms with Gasteiger partial charge in [0, 0.05) is 36.9 Å². The molecule has 0 bridgehead atoms. The van der Waals surface area contributed by atoms with E-state index < -0.39 is 0 Å². The lowest BCUT2D eigenvalue weighted by Crippen LogP contribution is -2.15. The van der Waals surface area contributed by atoms with E-state index >= 15 is 0 Å². The van der Waals surface area contributed by atoms with Crippen molar-refractivity contribution >= 4 is 11.6 Å². The number of pyridine rings is 1. The third-order valence-electron chi connectivity index (χ3n) is 5.96. The van der Waals surface area contributed by atoms with Gasteiger partial charge in [-0.1, -0.05) is 53.7 Å². The van der Waals surface area contributed by atoms with Crippen LogP contribution in [0.5, 0.6) is 0 Å². The van der Waals surface area contributed by atoms with E-state index in [-0.39, 0.29) is 23.7 Å². The second-order valence-electron chi connectivity index (χ2n) is 8.51. The first kappa shape index (κ1) is 23.0. The Kier molecular flexibility index (Phi) is 6.84. The van der Waals surface area contributed by atoms with E-state index in [1.807, 2.05) is 47.2 Å². The molecule has 0 atom stereocenters. The number of ketones is 2. The van der Waals surface area contributed by atoms with E-state index in [0.29, 0.717) is 25.1 Å². The van der Waals surface area contributed by atoms with Crippen molar-refractivity contribution in [2.45, 2.75) is 25.9 Å². The predicted octanol–water partition coefficient (Wildman–Crippen LogP) is 4.01. The maximum atomic E-state index is 13.4. The summed E-state index contributed by atoms with van der Waals surface area (Å²) in [6, 6.07) is 19.3. The average molecular weight is 477 g/mol. The van der Waals surface area contributed by atoms with Gasteiger partial charge in [0.2, 0.25) is 0 Å². The third kappa shape index (κ3) is 5.50. The molecule has 178 valence electrons. The summed E-state index contributed by atoms with van der Waals surface area (Å²) in [4.78, 5) is 34.7. The summed E-state index contributed by atoms with van der Waals surface area (Å²) in [7, 11) is 0. The summed E-state index contributed by atoms with van der Waals surface area (Å²) < 4.78 is 3.59. The van der Waals surface area contributed by atoms with E-state index in [0.717, 1.165) is 22.3 Å². The van der Waals surface area contributed by atoms with Crippen molar-refractivity contribution in [3.63, 3.8) is 0 Å². The van der Waals surface area contributed by atoms with Gasteiger partial charge in [-0.2, -0.15) is 0 Å². The largest absolute Gasteiger partial charge is 0.333 e. The lowest BCUT2D eigenvalue weighted by molar-refractivity contribution is 0.0890. The minimum atomic E-state index is -0.312. The second-order valence-corrected chi connectivity index (χ2v) is 8.51. The van der Waals surface area contributed by atoms with Gasteiger partial charge in [0.15, 0.2) is 11.6 Å². The molecule has 8 nitrogen and oxygen atoms in total. The van der Waals surface area contributed by atoms with Gasteiger partial charge in [-0.3, -0.25) is 14.6 Å². The van der Waals surface area contributed by atoms with Crippen molar-refractivity contribution < 1.29 is 9.59 Å². The molecule has 0 saturated carbocycles. The van der Waals surface area contributed by atoms with Crippen LogP contribution in [-0.2, 0) is 19.5 Å². The highest BCUT2D eigenvalue weighted by atomic mass is 16.1. The number of nitrogens with zero attached hydrogens (tertiary/aromatic N) is 6. The molecule has 0 amide bonds. The Balaban J connectivity index is 1.39. The first-order valence-corrected chi connectivity index (χ1v) is 11.6. The maximum Gasteiger partial charge on any atom is 0.188 e. The molecule has 0 aliphatic heterocycles. The minimum Gasteiger partial charge on any atom is -0.333 e. The summed E-state index contributed by atoms with van der Waals surface area (Å²) >= 11 is 0. The molecule has 0 unspecified atom stereocenters. The van der Waals surface area contributed by atoms with E-state index in [2.05, 4.69) is 32.4 Å². The number of benzene rings is 2. The van der Waals surface area contributed by atoms with Crippen molar-refractivity contribution in [1.82, 2.24) is 29.5 Å². The Labute approximate surface area is 208 Å². The number of carbonyl (C=O) groups is 2. The molecule has 0 radical (unpaired) electrons. The highest BCUT2D eigenvalue weighted by Gasteiger charge is 2.20. The molecule has 0 saturated heterocycles. The number of rotatable bonds is 10. The Morgan fingerprint density at radius 1 is 0.806 bits per heavy atom. The van der Waals surface area contributed by atoms with E-state index in [4.69, 9.17) is 0 Å². The van der Waals surface area contributed by atoms with E-state index in [1.54, 1.807) is 47.9 Å². The normalized spacial score (nSPS) is 10.9. The van der Waals surface area contributed by atoms with Gasteiger partial charge in [0.25, 0.3) is 0 Å². The fourth-order valence-corrected chi connectivity index (χ4v) is 4.19. The summed E-state index contributed by atoms with van der Waals surface area (Å²) in [6.07, 6.45) is 10.6. The number of imidazole rings is 1. The van der Waals surface area contributed by atoms with Crippen LogP contribution in [0, 0.1) is 0 Å². The van der Waals surface area contributed by atoms with Gasteiger partial charge in [-0.15, -0.1) is 5.10 Å². The molecule has 5 rings (SSSR count). The number of aromatic nitrogens is 6. The molecule has 2 aromatic carbocycles. The first-order chi connectivity index (χ1) is 17.7. The first-order valence-electron chi connectivity index (χ1n) is 11.6. The summed E-state index contributed by atoms with van der Waals surface area (Å²) in [6.45, 7) is 0.956. The van der Waals surface area contributed by atoms with E-state index in [9.17, 15) is 9.59 Å². The highest BCUT2D eigenvalue weighted by molar-refractivity contribution is 6.13. The third-order valence-corrected chi connectivity index (χ3v) is 5.96. The Bertz CT molecular complexity index is 1460. The van der Waals surface area contributed by atoms with Crippen LogP contribution in [-0.4, -0.2) is 41.1 Å². The quantitative estimate of drug-likeness (QED) is 0.223. The second kappa shape index (κ2) is 10.7. The number of Topliss-reactive ketones (excluding diaryl/α,β-unsaturated/α-hetero) is 2. The molecule has 0 fully saturated rings. The zero-order valence-corrected chi connectivity index (χ0v) is 19.6. The fourth-order valence-electron chi connectivity index (χ4n) is 4.19. The molecule has 3 aromatic heterocycles. The minimum absolute atomic E-state index is 0.244. The maximum absolute atomic E-state index is 13.4. The van der Waals surface area contributed by atoms with Crippen LogP contribution in [0.1, 0.15) is 49.5 Å². The van der Waals surface area contributed by atoms with Gasteiger partial charge in [0.1, 0.15) is 5.69 Å². The highest BCUT2D eigenvalue weighted by Crippen LogP contribution is 2.22. The van der Waals surface area contributed by atoms with Crippen LogP contribution < -0.4 is 0 Å². The monoisotopic (exact) mass is 476 g/mol. The van der Waals surface area contributed by atoms with E-state index in [1.165, 1.54) is 0 Å². The predicted molar refractivity (Wildman–Crippen MR) is 134 cm³/mol.